The highest BCUT2D eigenvalue weighted by Gasteiger charge is 2.30. The lowest BCUT2D eigenvalue weighted by molar-refractivity contribution is 0.0910. The third-order valence-corrected chi connectivity index (χ3v) is 5.11. The highest BCUT2D eigenvalue weighted by Crippen LogP contribution is 2.29. The van der Waals surface area contributed by atoms with Crippen LogP contribution in [0.4, 0.5) is 0 Å². The van der Waals surface area contributed by atoms with Crippen molar-refractivity contribution >= 4 is 8.25 Å². The molecule has 0 aromatic carbocycles. The predicted octanol–water partition coefficient (Wildman–Crippen LogP) is 7.30. The van der Waals surface area contributed by atoms with Crippen molar-refractivity contribution in [1.82, 2.24) is 0 Å². The van der Waals surface area contributed by atoms with Gasteiger partial charge in [-0.15, -0.1) is 9.42 Å². The highest BCUT2D eigenvalue weighted by molar-refractivity contribution is 7.32. The quantitative estimate of drug-likeness (QED) is 0.222. The van der Waals surface area contributed by atoms with Crippen molar-refractivity contribution in [3.63, 3.8) is 0 Å². The lowest BCUT2D eigenvalue weighted by Gasteiger charge is -2.16. The van der Waals surface area contributed by atoms with Crippen molar-refractivity contribution in [2.24, 2.45) is 0 Å². The third kappa shape index (κ3) is 18.2. The van der Waals surface area contributed by atoms with Crippen molar-refractivity contribution in [3.05, 3.63) is 0 Å². The van der Waals surface area contributed by atoms with Gasteiger partial charge in [0.05, 0.1) is 0 Å². The zero-order valence-corrected chi connectivity index (χ0v) is 16.7. The van der Waals surface area contributed by atoms with Gasteiger partial charge < -0.3 is 0 Å². The number of rotatable bonds is 17. The van der Waals surface area contributed by atoms with E-state index in [2.05, 4.69) is 6.92 Å². The van der Waals surface area contributed by atoms with Crippen LogP contribution in [0.25, 0.3) is 0 Å². The first-order valence-electron chi connectivity index (χ1n) is 9.83. The smallest absolute Gasteiger partial charge is 0.133 e. The molecule has 0 aliphatic carbocycles. The lowest BCUT2D eigenvalue weighted by atomic mass is 9.99. The van der Waals surface area contributed by atoms with E-state index in [4.69, 9.17) is 9.42 Å². The van der Waals surface area contributed by atoms with E-state index in [9.17, 15) is 4.57 Å². The molecule has 0 spiro atoms. The molecule has 0 heterocycles. The number of hydrogen-bond donors (Lipinski definition) is 1. The Morgan fingerprint density at radius 1 is 0.739 bits per heavy atom. The van der Waals surface area contributed by atoms with Crippen molar-refractivity contribution in [3.8, 4) is 0 Å². The Bertz CT molecular complexity index is 280. The Morgan fingerprint density at radius 3 is 1.43 bits per heavy atom. The third-order valence-electron chi connectivity index (χ3n) is 4.46. The van der Waals surface area contributed by atoms with Crippen LogP contribution in [-0.4, -0.2) is 10.5 Å². The fourth-order valence-corrected chi connectivity index (χ4v) is 3.52. The van der Waals surface area contributed by atoms with Gasteiger partial charge in [0.1, 0.15) is 5.60 Å². The van der Waals surface area contributed by atoms with E-state index in [0.717, 1.165) is 12.8 Å². The summed E-state index contributed by atoms with van der Waals surface area (Å²) < 4.78 is 15.7. The van der Waals surface area contributed by atoms with Crippen LogP contribution in [0.3, 0.4) is 0 Å². The van der Waals surface area contributed by atoms with Crippen LogP contribution < -0.4 is 0 Å². The molecule has 0 aliphatic heterocycles. The Hall–Kier alpha value is 0.0200. The van der Waals surface area contributed by atoms with Gasteiger partial charge >= 0.3 is 8.25 Å². The van der Waals surface area contributed by atoms with Crippen molar-refractivity contribution in [2.75, 3.05) is 0 Å². The SMILES string of the molecule is CCCCCCCCCCCCCCCCC(C)(C)O[P+](=O)O. The summed E-state index contributed by atoms with van der Waals surface area (Å²) in [5.41, 5.74) is -0.473. The molecule has 0 aromatic heterocycles. The molecule has 0 saturated carbocycles. The maximum absolute atomic E-state index is 10.7. The largest absolute Gasteiger partial charge is 0.695 e. The zero-order valence-electron chi connectivity index (χ0n) is 15.8. The minimum atomic E-state index is -2.48. The molecule has 1 unspecified atom stereocenters. The van der Waals surface area contributed by atoms with Crippen LogP contribution >= 0.6 is 8.25 Å². The van der Waals surface area contributed by atoms with Crippen LogP contribution in [-0.2, 0) is 9.09 Å². The Morgan fingerprint density at radius 2 is 1.09 bits per heavy atom. The highest BCUT2D eigenvalue weighted by atomic mass is 31.1. The second-order valence-electron chi connectivity index (χ2n) is 7.44. The average Bonchev–Trinajstić information content (AvgIpc) is 2.46. The summed E-state index contributed by atoms with van der Waals surface area (Å²) in [5.74, 6) is 0. The molecule has 1 N–H and O–H groups in total. The molecular formula is C19H40O3P+. The van der Waals surface area contributed by atoms with Gasteiger partial charge in [0, 0.05) is 4.57 Å². The van der Waals surface area contributed by atoms with Gasteiger partial charge in [0.15, 0.2) is 0 Å². The Balaban J connectivity index is 3.20. The maximum Gasteiger partial charge on any atom is 0.695 e. The molecule has 0 bridgehead atoms. The van der Waals surface area contributed by atoms with Crippen LogP contribution in [0.2, 0.25) is 0 Å². The Kier molecular flexibility index (Phi) is 15.6. The number of hydrogen-bond acceptors (Lipinski definition) is 2. The molecule has 0 fully saturated rings. The Labute approximate surface area is 145 Å². The molecule has 0 amide bonds. The summed E-state index contributed by atoms with van der Waals surface area (Å²) in [5, 5.41) is 0. The van der Waals surface area contributed by atoms with Crippen molar-refractivity contribution in [1.29, 1.82) is 0 Å². The molecular weight excluding hydrogens is 307 g/mol. The van der Waals surface area contributed by atoms with Crippen molar-refractivity contribution < 1.29 is 14.0 Å². The minimum absolute atomic E-state index is 0.473. The fraction of sp³-hybridized carbons (Fsp3) is 1.00. The first-order chi connectivity index (χ1) is 11.0. The van der Waals surface area contributed by atoms with Crippen LogP contribution in [0.15, 0.2) is 0 Å². The van der Waals surface area contributed by atoms with Crippen LogP contribution in [0.5, 0.6) is 0 Å². The summed E-state index contributed by atoms with van der Waals surface area (Å²) in [6, 6.07) is 0. The van der Waals surface area contributed by atoms with Gasteiger partial charge in [-0.05, 0) is 20.3 Å². The molecule has 0 rings (SSSR count). The van der Waals surface area contributed by atoms with Crippen molar-refractivity contribution in [2.45, 2.75) is 123 Å². The van der Waals surface area contributed by atoms with Gasteiger partial charge in [0.25, 0.3) is 0 Å². The van der Waals surface area contributed by atoms with E-state index in [1.165, 1.54) is 83.5 Å². The number of unbranched alkanes of at least 4 members (excludes halogenated alkanes) is 13. The average molecular weight is 347 g/mol. The van der Waals surface area contributed by atoms with E-state index < -0.39 is 13.9 Å². The fourth-order valence-electron chi connectivity index (χ4n) is 3.00. The normalized spacial score (nSPS) is 12.6. The van der Waals surface area contributed by atoms with E-state index in [1.54, 1.807) is 0 Å². The molecule has 3 nitrogen and oxygen atoms in total. The van der Waals surface area contributed by atoms with Gasteiger partial charge in [-0.2, -0.15) is 0 Å². The van der Waals surface area contributed by atoms with E-state index in [0.29, 0.717) is 0 Å². The van der Waals surface area contributed by atoms with Gasteiger partial charge in [-0.1, -0.05) is 96.8 Å². The second-order valence-corrected chi connectivity index (χ2v) is 8.09. The van der Waals surface area contributed by atoms with Crippen LogP contribution in [0, 0.1) is 0 Å². The molecule has 4 heteroatoms. The maximum atomic E-state index is 10.7. The summed E-state index contributed by atoms with van der Waals surface area (Å²) in [6.07, 6.45) is 19.7. The van der Waals surface area contributed by atoms with Gasteiger partial charge in [-0.25, -0.2) is 0 Å². The first kappa shape index (κ1) is 23.0. The standard InChI is InChI=1S/C19H39O3P/c1-4-5-6-7-8-9-10-11-12-13-14-15-16-17-18-19(2,3)22-23(20)21/h4-18H2,1-3H3/p+1. The van der Waals surface area contributed by atoms with E-state index in [1.807, 2.05) is 13.8 Å². The molecule has 0 aromatic rings. The minimum Gasteiger partial charge on any atom is -0.133 e. The summed E-state index contributed by atoms with van der Waals surface area (Å²) >= 11 is 0. The predicted molar refractivity (Wildman–Crippen MR) is 99.9 cm³/mol. The van der Waals surface area contributed by atoms with E-state index in [-0.39, 0.29) is 0 Å². The topological polar surface area (TPSA) is 46.5 Å². The zero-order chi connectivity index (χ0) is 17.4. The molecule has 138 valence electrons. The summed E-state index contributed by atoms with van der Waals surface area (Å²) in [6.45, 7) is 6.05. The molecule has 0 aliphatic rings. The first-order valence-corrected chi connectivity index (χ1v) is 11.0. The second kappa shape index (κ2) is 15.5. The molecule has 0 saturated heterocycles. The van der Waals surface area contributed by atoms with Gasteiger partial charge in [-0.3, -0.25) is 0 Å². The molecule has 0 radical (unpaired) electrons. The van der Waals surface area contributed by atoms with Gasteiger partial charge in [0.2, 0.25) is 0 Å². The lowest BCUT2D eigenvalue weighted by Crippen LogP contribution is -2.20. The van der Waals surface area contributed by atoms with Crippen LogP contribution in [0.1, 0.15) is 117 Å². The summed E-state index contributed by atoms with van der Waals surface area (Å²) in [7, 11) is -2.48. The molecule has 23 heavy (non-hydrogen) atoms. The molecule has 1 atom stereocenters. The summed E-state index contributed by atoms with van der Waals surface area (Å²) in [4.78, 5) is 8.79. The van der Waals surface area contributed by atoms with E-state index >= 15 is 0 Å². The monoisotopic (exact) mass is 347 g/mol.